The molecule has 0 bridgehead atoms. The highest BCUT2D eigenvalue weighted by molar-refractivity contribution is 5.76. The first-order chi connectivity index (χ1) is 9.72. The Morgan fingerprint density at radius 3 is 2.85 bits per heavy atom. The standard InChI is InChI=1S/C17H24N2O/c18-14-7-8-15-13(11-14)6-9-16(15)19-17(20)10-5-12-3-1-2-4-12/h7-8,11-12,16H,1-6,9-10,18H2,(H,19,20). The van der Waals surface area contributed by atoms with Gasteiger partial charge in [-0.3, -0.25) is 4.79 Å². The molecular weight excluding hydrogens is 248 g/mol. The van der Waals surface area contributed by atoms with E-state index in [1.54, 1.807) is 0 Å². The fraction of sp³-hybridized carbons (Fsp3) is 0.588. The van der Waals surface area contributed by atoms with Crippen LogP contribution < -0.4 is 11.1 Å². The van der Waals surface area contributed by atoms with Crippen LogP contribution >= 0.6 is 0 Å². The molecule has 0 heterocycles. The molecule has 1 saturated carbocycles. The summed E-state index contributed by atoms with van der Waals surface area (Å²) in [5.74, 6) is 1.00. The molecule has 2 aliphatic carbocycles. The summed E-state index contributed by atoms with van der Waals surface area (Å²) in [4.78, 5) is 12.1. The first-order valence-electron chi connectivity index (χ1n) is 7.90. The van der Waals surface area contributed by atoms with E-state index in [9.17, 15) is 4.79 Å². The predicted octanol–water partition coefficient (Wildman–Crippen LogP) is 3.34. The van der Waals surface area contributed by atoms with Crippen molar-refractivity contribution in [2.45, 2.75) is 57.4 Å². The summed E-state index contributed by atoms with van der Waals surface area (Å²) in [5.41, 5.74) is 9.18. The molecule has 0 aliphatic heterocycles. The third-order valence-electron chi connectivity index (χ3n) is 4.83. The number of fused-ring (bicyclic) bond motifs is 1. The van der Waals surface area contributed by atoms with Crippen molar-refractivity contribution in [3.05, 3.63) is 29.3 Å². The second-order valence-corrected chi connectivity index (χ2v) is 6.31. The number of anilines is 1. The Morgan fingerprint density at radius 1 is 1.25 bits per heavy atom. The molecule has 3 heteroatoms. The van der Waals surface area contributed by atoms with Gasteiger partial charge in [-0.15, -0.1) is 0 Å². The highest BCUT2D eigenvalue weighted by Crippen LogP contribution is 2.33. The van der Waals surface area contributed by atoms with E-state index in [2.05, 4.69) is 11.4 Å². The Bertz CT molecular complexity index is 492. The number of amides is 1. The zero-order chi connectivity index (χ0) is 13.9. The molecule has 1 unspecified atom stereocenters. The highest BCUT2D eigenvalue weighted by atomic mass is 16.1. The maximum atomic E-state index is 12.1. The average Bonchev–Trinajstić information content (AvgIpc) is 3.06. The van der Waals surface area contributed by atoms with Gasteiger partial charge >= 0.3 is 0 Å². The lowest BCUT2D eigenvalue weighted by Gasteiger charge is -2.15. The van der Waals surface area contributed by atoms with Crippen molar-refractivity contribution >= 4 is 11.6 Å². The largest absolute Gasteiger partial charge is 0.399 e. The molecule has 2 aliphatic rings. The topological polar surface area (TPSA) is 55.1 Å². The van der Waals surface area contributed by atoms with Crippen LogP contribution in [0, 0.1) is 5.92 Å². The summed E-state index contributed by atoms with van der Waals surface area (Å²) in [6.45, 7) is 0. The van der Waals surface area contributed by atoms with Crippen LogP contribution in [0.2, 0.25) is 0 Å². The van der Waals surface area contributed by atoms with Crippen LogP contribution in [-0.4, -0.2) is 5.91 Å². The smallest absolute Gasteiger partial charge is 0.220 e. The highest BCUT2D eigenvalue weighted by Gasteiger charge is 2.24. The third-order valence-corrected chi connectivity index (χ3v) is 4.83. The van der Waals surface area contributed by atoms with Crippen molar-refractivity contribution in [3.8, 4) is 0 Å². The van der Waals surface area contributed by atoms with E-state index in [0.717, 1.165) is 30.9 Å². The van der Waals surface area contributed by atoms with Gasteiger partial charge in [0.25, 0.3) is 0 Å². The molecule has 3 nitrogen and oxygen atoms in total. The second-order valence-electron chi connectivity index (χ2n) is 6.31. The SMILES string of the molecule is Nc1ccc2c(c1)CCC2NC(=O)CCC1CCCC1. The summed E-state index contributed by atoms with van der Waals surface area (Å²) >= 11 is 0. The van der Waals surface area contributed by atoms with Gasteiger partial charge in [-0.1, -0.05) is 31.7 Å². The molecule has 108 valence electrons. The van der Waals surface area contributed by atoms with Gasteiger partial charge in [0.05, 0.1) is 6.04 Å². The van der Waals surface area contributed by atoms with Gasteiger partial charge < -0.3 is 11.1 Å². The van der Waals surface area contributed by atoms with Gasteiger partial charge in [-0.25, -0.2) is 0 Å². The number of aryl methyl sites for hydroxylation is 1. The predicted molar refractivity (Wildman–Crippen MR) is 81.3 cm³/mol. The zero-order valence-corrected chi connectivity index (χ0v) is 12.0. The quantitative estimate of drug-likeness (QED) is 0.826. The van der Waals surface area contributed by atoms with Crippen LogP contribution in [-0.2, 0) is 11.2 Å². The van der Waals surface area contributed by atoms with E-state index in [4.69, 9.17) is 5.73 Å². The van der Waals surface area contributed by atoms with Crippen molar-refractivity contribution in [1.82, 2.24) is 5.32 Å². The Morgan fingerprint density at radius 2 is 2.05 bits per heavy atom. The van der Waals surface area contributed by atoms with Crippen molar-refractivity contribution < 1.29 is 4.79 Å². The van der Waals surface area contributed by atoms with Gasteiger partial charge in [0.1, 0.15) is 0 Å². The maximum absolute atomic E-state index is 12.1. The van der Waals surface area contributed by atoms with Gasteiger partial charge in [0.15, 0.2) is 0 Å². The number of nitrogen functional groups attached to an aromatic ring is 1. The molecule has 0 spiro atoms. The van der Waals surface area contributed by atoms with E-state index < -0.39 is 0 Å². The Kier molecular flexibility index (Phi) is 3.95. The van der Waals surface area contributed by atoms with Crippen molar-refractivity contribution in [2.75, 3.05) is 5.73 Å². The number of nitrogens with one attached hydrogen (secondary N) is 1. The number of nitrogens with two attached hydrogens (primary N) is 1. The van der Waals surface area contributed by atoms with Gasteiger partial charge in [0, 0.05) is 12.1 Å². The number of hydrogen-bond donors (Lipinski definition) is 2. The van der Waals surface area contributed by atoms with E-state index in [0.29, 0.717) is 6.42 Å². The summed E-state index contributed by atoms with van der Waals surface area (Å²) in [6, 6.07) is 6.24. The molecule has 0 radical (unpaired) electrons. The lowest BCUT2D eigenvalue weighted by atomic mass is 10.0. The minimum absolute atomic E-state index is 0.196. The average molecular weight is 272 g/mol. The molecule has 1 amide bonds. The van der Waals surface area contributed by atoms with Gasteiger partial charge in [-0.2, -0.15) is 0 Å². The second kappa shape index (κ2) is 5.86. The van der Waals surface area contributed by atoms with Gasteiger partial charge in [-0.05, 0) is 48.4 Å². The molecule has 20 heavy (non-hydrogen) atoms. The molecule has 0 saturated heterocycles. The Balaban J connectivity index is 1.52. The van der Waals surface area contributed by atoms with Crippen molar-refractivity contribution in [1.29, 1.82) is 0 Å². The minimum Gasteiger partial charge on any atom is -0.399 e. The van der Waals surface area contributed by atoms with Crippen LogP contribution in [0.3, 0.4) is 0 Å². The lowest BCUT2D eigenvalue weighted by molar-refractivity contribution is -0.122. The molecule has 3 rings (SSSR count). The van der Waals surface area contributed by atoms with Crippen LogP contribution in [0.4, 0.5) is 5.69 Å². The first-order valence-corrected chi connectivity index (χ1v) is 7.90. The van der Waals surface area contributed by atoms with Crippen molar-refractivity contribution in [2.24, 2.45) is 5.92 Å². The number of hydrogen-bond acceptors (Lipinski definition) is 2. The summed E-state index contributed by atoms with van der Waals surface area (Å²) in [6.07, 6.45) is 9.12. The van der Waals surface area contributed by atoms with Crippen LogP contribution in [0.5, 0.6) is 0 Å². The molecule has 0 aromatic heterocycles. The first kappa shape index (κ1) is 13.5. The number of benzene rings is 1. The van der Waals surface area contributed by atoms with Gasteiger partial charge in [0.2, 0.25) is 5.91 Å². The van der Waals surface area contributed by atoms with E-state index in [1.807, 2.05) is 12.1 Å². The number of carbonyl (C=O) groups excluding carboxylic acids is 1. The molecule has 1 fully saturated rings. The fourth-order valence-electron chi connectivity index (χ4n) is 3.69. The fourth-order valence-corrected chi connectivity index (χ4v) is 3.69. The Labute approximate surface area is 120 Å². The molecule has 1 aromatic carbocycles. The summed E-state index contributed by atoms with van der Waals surface area (Å²) in [7, 11) is 0. The van der Waals surface area contributed by atoms with Crippen LogP contribution in [0.25, 0.3) is 0 Å². The number of carbonyl (C=O) groups is 1. The molecular formula is C17H24N2O. The summed E-state index contributed by atoms with van der Waals surface area (Å²) in [5, 5.41) is 3.20. The number of rotatable bonds is 4. The third kappa shape index (κ3) is 2.97. The van der Waals surface area contributed by atoms with Crippen LogP contribution in [0.1, 0.15) is 62.1 Å². The van der Waals surface area contributed by atoms with E-state index >= 15 is 0 Å². The van der Waals surface area contributed by atoms with E-state index in [-0.39, 0.29) is 11.9 Å². The monoisotopic (exact) mass is 272 g/mol. The maximum Gasteiger partial charge on any atom is 0.220 e. The lowest BCUT2D eigenvalue weighted by Crippen LogP contribution is -2.27. The van der Waals surface area contributed by atoms with Crippen molar-refractivity contribution in [3.63, 3.8) is 0 Å². The Hall–Kier alpha value is -1.51. The summed E-state index contributed by atoms with van der Waals surface area (Å²) < 4.78 is 0. The molecule has 1 aromatic rings. The zero-order valence-electron chi connectivity index (χ0n) is 12.0. The molecule has 3 N–H and O–H groups in total. The van der Waals surface area contributed by atoms with E-state index in [1.165, 1.54) is 36.8 Å². The molecule has 1 atom stereocenters. The normalized spacial score (nSPS) is 21.9. The minimum atomic E-state index is 0.196. The van der Waals surface area contributed by atoms with Crippen LogP contribution in [0.15, 0.2) is 18.2 Å².